The number of nitrogens with zero attached hydrogens (tertiary/aromatic N) is 4. The van der Waals surface area contributed by atoms with E-state index >= 15 is 0 Å². The van der Waals surface area contributed by atoms with Crippen LogP contribution in [-0.2, 0) is 18.2 Å². The molecule has 0 spiro atoms. The second-order valence-electron chi connectivity index (χ2n) is 7.14. The summed E-state index contributed by atoms with van der Waals surface area (Å²) in [6, 6.07) is 6.27. The predicted molar refractivity (Wildman–Crippen MR) is 111 cm³/mol. The molecule has 0 aliphatic carbocycles. The molecule has 0 atom stereocenters. The minimum absolute atomic E-state index is 0.723. The van der Waals surface area contributed by atoms with Crippen LogP contribution in [0.25, 0.3) is 0 Å². The summed E-state index contributed by atoms with van der Waals surface area (Å²) < 4.78 is 12.8. The van der Waals surface area contributed by atoms with Gasteiger partial charge in [-0.05, 0) is 49.9 Å². The van der Waals surface area contributed by atoms with Gasteiger partial charge in [-0.2, -0.15) is 5.10 Å². The van der Waals surface area contributed by atoms with E-state index in [-0.39, 0.29) is 0 Å². The fourth-order valence-corrected chi connectivity index (χ4v) is 3.99. The lowest BCUT2D eigenvalue weighted by Crippen LogP contribution is -2.31. The van der Waals surface area contributed by atoms with Gasteiger partial charge in [0, 0.05) is 45.0 Å². The summed E-state index contributed by atoms with van der Waals surface area (Å²) in [5.74, 6) is 3.22. The van der Waals surface area contributed by atoms with Gasteiger partial charge >= 0.3 is 0 Å². The Balaban J connectivity index is 1.99. The van der Waals surface area contributed by atoms with Crippen molar-refractivity contribution < 1.29 is 9.47 Å². The van der Waals surface area contributed by atoms with Crippen LogP contribution in [-0.4, -0.2) is 50.2 Å². The van der Waals surface area contributed by atoms with Crippen LogP contribution in [0, 0.1) is 6.92 Å². The van der Waals surface area contributed by atoms with Crippen molar-refractivity contribution in [3.8, 4) is 5.75 Å². The molecular weight excluding hydrogens is 340 g/mol. The Morgan fingerprint density at radius 1 is 1.22 bits per heavy atom. The summed E-state index contributed by atoms with van der Waals surface area (Å²) in [4.78, 5) is 4.78. The summed E-state index contributed by atoms with van der Waals surface area (Å²) >= 11 is 0. The number of hydrogen-bond donors (Lipinski definition) is 0. The normalized spacial score (nSPS) is 13.6. The average Bonchev–Trinajstić information content (AvgIpc) is 3.01. The Morgan fingerprint density at radius 3 is 2.70 bits per heavy atom. The summed E-state index contributed by atoms with van der Waals surface area (Å²) in [6.45, 7) is 7.96. The van der Waals surface area contributed by atoms with Crippen LogP contribution >= 0.6 is 0 Å². The van der Waals surface area contributed by atoms with Crippen molar-refractivity contribution in [2.24, 2.45) is 7.05 Å². The average molecular weight is 373 g/mol. The van der Waals surface area contributed by atoms with E-state index < -0.39 is 0 Å². The summed E-state index contributed by atoms with van der Waals surface area (Å²) in [7, 11) is 5.53. The quantitative estimate of drug-likeness (QED) is 0.707. The Bertz CT molecular complexity index is 772. The number of hydrogen-bond acceptors (Lipinski definition) is 5. The molecule has 148 valence electrons. The van der Waals surface area contributed by atoms with Gasteiger partial charge in [0.05, 0.1) is 13.7 Å². The molecule has 0 saturated carbocycles. The molecule has 0 bridgehead atoms. The second-order valence-corrected chi connectivity index (χ2v) is 7.14. The molecule has 0 radical (unpaired) electrons. The van der Waals surface area contributed by atoms with Gasteiger partial charge in [-0.25, -0.2) is 0 Å². The number of anilines is 3. The number of fused-ring (bicyclic) bond motifs is 1. The minimum Gasteiger partial charge on any atom is -0.497 e. The third kappa shape index (κ3) is 3.90. The van der Waals surface area contributed by atoms with Crippen molar-refractivity contribution >= 4 is 17.3 Å². The van der Waals surface area contributed by atoms with Crippen molar-refractivity contribution in [1.82, 2.24) is 9.78 Å². The number of rotatable bonds is 8. The highest BCUT2D eigenvalue weighted by Crippen LogP contribution is 2.39. The monoisotopic (exact) mass is 372 g/mol. The molecule has 1 aliphatic heterocycles. The number of aryl methyl sites for hydroxylation is 2. The molecule has 1 aromatic carbocycles. The molecule has 1 aliphatic rings. The van der Waals surface area contributed by atoms with Gasteiger partial charge in [0.2, 0.25) is 0 Å². The Labute approximate surface area is 162 Å². The zero-order valence-electron chi connectivity index (χ0n) is 17.3. The maximum Gasteiger partial charge on any atom is 0.160 e. The van der Waals surface area contributed by atoms with E-state index in [1.807, 2.05) is 10.7 Å². The van der Waals surface area contributed by atoms with Crippen LogP contribution in [0.5, 0.6) is 5.75 Å². The van der Waals surface area contributed by atoms with Gasteiger partial charge in [0.15, 0.2) is 5.82 Å². The highest BCUT2D eigenvalue weighted by Gasteiger charge is 2.29. The molecule has 27 heavy (non-hydrogen) atoms. The van der Waals surface area contributed by atoms with Gasteiger partial charge in [0.25, 0.3) is 0 Å². The highest BCUT2D eigenvalue weighted by molar-refractivity contribution is 5.72. The first-order valence-electron chi connectivity index (χ1n) is 9.82. The predicted octanol–water partition coefficient (Wildman–Crippen LogP) is 3.68. The van der Waals surface area contributed by atoms with Crippen molar-refractivity contribution in [3.05, 3.63) is 29.3 Å². The topological polar surface area (TPSA) is 42.8 Å². The van der Waals surface area contributed by atoms with Crippen LogP contribution in [0.2, 0.25) is 0 Å². The van der Waals surface area contributed by atoms with E-state index in [1.54, 1.807) is 14.2 Å². The molecule has 1 aromatic heterocycles. The van der Waals surface area contributed by atoms with Crippen molar-refractivity contribution in [3.63, 3.8) is 0 Å². The Kier molecular flexibility index (Phi) is 6.26. The smallest absolute Gasteiger partial charge is 0.160 e. The maximum atomic E-state index is 5.37. The summed E-state index contributed by atoms with van der Waals surface area (Å²) in [5.41, 5.74) is 3.77. The van der Waals surface area contributed by atoms with Crippen LogP contribution in [0.3, 0.4) is 0 Å². The molecule has 0 amide bonds. The van der Waals surface area contributed by atoms with Crippen LogP contribution in [0.1, 0.15) is 30.9 Å². The van der Waals surface area contributed by atoms with E-state index in [1.165, 1.54) is 22.6 Å². The minimum atomic E-state index is 0.723. The summed E-state index contributed by atoms with van der Waals surface area (Å²) in [5, 5.41) is 4.93. The Morgan fingerprint density at radius 2 is 2.04 bits per heavy atom. The standard InChI is InChI=1S/C21H32N4O2/c1-6-11-24(13-14-26-4)21-18-8-7-12-25(20(18)22-23(21)3)19-10-9-17(27-5)15-16(19)2/h9-10,15H,6-8,11-14H2,1-5H3. The van der Waals surface area contributed by atoms with E-state index in [4.69, 9.17) is 14.6 Å². The van der Waals surface area contributed by atoms with Gasteiger partial charge in [-0.1, -0.05) is 6.92 Å². The first-order valence-corrected chi connectivity index (χ1v) is 9.82. The maximum absolute atomic E-state index is 5.37. The van der Waals surface area contributed by atoms with Crippen LogP contribution in [0.4, 0.5) is 17.3 Å². The lowest BCUT2D eigenvalue weighted by Gasteiger charge is -2.31. The van der Waals surface area contributed by atoms with Crippen molar-refractivity contribution in [2.75, 3.05) is 50.3 Å². The second kappa shape index (κ2) is 8.65. The molecule has 6 heteroatoms. The Hall–Kier alpha value is -2.21. The van der Waals surface area contributed by atoms with E-state index in [0.717, 1.165) is 57.1 Å². The zero-order valence-corrected chi connectivity index (χ0v) is 17.3. The van der Waals surface area contributed by atoms with Crippen molar-refractivity contribution in [2.45, 2.75) is 33.1 Å². The lowest BCUT2D eigenvalue weighted by molar-refractivity contribution is 0.205. The van der Waals surface area contributed by atoms with Gasteiger partial charge < -0.3 is 19.3 Å². The van der Waals surface area contributed by atoms with Crippen LogP contribution in [0.15, 0.2) is 18.2 Å². The molecule has 0 N–H and O–H groups in total. The molecular formula is C21H32N4O2. The molecule has 0 saturated heterocycles. The largest absolute Gasteiger partial charge is 0.497 e. The number of aromatic nitrogens is 2. The zero-order chi connectivity index (χ0) is 19.4. The molecule has 0 fully saturated rings. The van der Waals surface area contributed by atoms with E-state index in [0.29, 0.717) is 0 Å². The van der Waals surface area contributed by atoms with E-state index in [2.05, 4.69) is 42.8 Å². The third-order valence-electron chi connectivity index (χ3n) is 5.21. The van der Waals surface area contributed by atoms with Crippen molar-refractivity contribution in [1.29, 1.82) is 0 Å². The number of methoxy groups -OCH3 is 2. The first kappa shape index (κ1) is 19.5. The SMILES string of the molecule is CCCN(CCOC)c1c2c(nn1C)N(c1ccc(OC)cc1C)CCC2. The van der Waals surface area contributed by atoms with Gasteiger partial charge in [-0.3, -0.25) is 4.68 Å². The van der Waals surface area contributed by atoms with Gasteiger partial charge in [-0.15, -0.1) is 0 Å². The molecule has 2 heterocycles. The molecule has 0 unspecified atom stereocenters. The van der Waals surface area contributed by atoms with Crippen LogP contribution < -0.4 is 14.5 Å². The molecule has 2 aromatic rings. The highest BCUT2D eigenvalue weighted by atomic mass is 16.5. The first-order chi connectivity index (χ1) is 13.1. The summed E-state index contributed by atoms with van der Waals surface area (Å²) in [6.07, 6.45) is 3.30. The third-order valence-corrected chi connectivity index (χ3v) is 5.21. The van der Waals surface area contributed by atoms with Gasteiger partial charge in [0.1, 0.15) is 11.6 Å². The lowest BCUT2D eigenvalue weighted by atomic mass is 10.0. The van der Waals surface area contributed by atoms with E-state index in [9.17, 15) is 0 Å². The fourth-order valence-electron chi connectivity index (χ4n) is 3.99. The molecule has 3 rings (SSSR count). The molecule has 6 nitrogen and oxygen atoms in total. The number of ether oxygens (including phenoxy) is 2. The fraction of sp³-hybridized carbons (Fsp3) is 0.571. The number of benzene rings is 1.